The van der Waals surface area contributed by atoms with Crippen molar-refractivity contribution in [3.8, 4) is 0 Å². The van der Waals surface area contributed by atoms with Crippen LogP contribution in [-0.2, 0) is 38.5 Å². The lowest BCUT2D eigenvalue weighted by Crippen LogP contribution is -2.66. The Labute approximate surface area is 286 Å². The lowest BCUT2D eigenvalue weighted by molar-refractivity contribution is -0.140. The van der Waals surface area contributed by atoms with Gasteiger partial charge in [-0.1, -0.05) is 97.1 Å². The van der Waals surface area contributed by atoms with Crippen molar-refractivity contribution in [2.45, 2.75) is 63.1 Å². The van der Waals surface area contributed by atoms with Gasteiger partial charge < -0.3 is 14.5 Å². The number of ether oxygens (including phenoxy) is 1. The molecule has 3 heterocycles. The highest BCUT2D eigenvalue weighted by molar-refractivity contribution is 7.98. The maximum Gasteiger partial charge on any atom is 0.412 e. The lowest BCUT2D eigenvalue weighted by Gasteiger charge is -2.43. The third-order valence-corrected chi connectivity index (χ3v) is 10.1. The molecule has 0 aromatic heterocycles. The summed E-state index contributed by atoms with van der Waals surface area (Å²) >= 11 is 1.65. The average Bonchev–Trinajstić information content (AvgIpc) is 3.61. The molecule has 1 fully saturated rings. The fraction of sp³-hybridized carbons (Fsp3) is 0.308. The summed E-state index contributed by atoms with van der Waals surface area (Å²) < 4.78 is 6.13. The van der Waals surface area contributed by atoms with Gasteiger partial charge in [0.25, 0.3) is 11.8 Å². The smallest absolute Gasteiger partial charge is 0.412 e. The van der Waals surface area contributed by atoms with E-state index in [1.807, 2.05) is 136 Å². The first-order valence-electron chi connectivity index (χ1n) is 16.3. The molecule has 3 aliphatic rings. The first kappa shape index (κ1) is 32.0. The number of rotatable bonds is 7. The van der Waals surface area contributed by atoms with E-state index >= 15 is 9.59 Å². The van der Waals surface area contributed by atoms with Gasteiger partial charge in [-0.3, -0.25) is 19.8 Å². The molecule has 7 rings (SSSR count). The topological polar surface area (TPSA) is 82.2 Å². The zero-order valence-electron chi connectivity index (χ0n) is 27.7. The second kappa shape index (κ2) is 12.1. The van der Waals surface area contributed by atoms with Gasteiger partial charge in [0.2, 0.25) is 0 Å². The molecule has 4 aromatic rings. The van der Waals surface area contributed by atoms with Crippen LogP contribution < -0.4 is 15.1 Å². The van der Waals surface area contributed by atoms with Gasteiger partial charge in [0, 0.05) is 16.8 Å². The van der Waals surface area contributed by atoms with Crippen LogP contribution in [0.25, 0.3) is 0 Å². The highest BCUT2D eigenvalue weighted by Crippen LogP contribution is 2.62. The van der Waals surface area contributed by atoms with E-state index in [0.29, 0.717) is 41.2 Å². The van der Waals surface area contributed by atoms with Crippen molar-refractivity contribution in [3.05, 3.63) is 131 Å². The van der Waals surface area contributed by atoms with Crippen LogP contribution in [0.3, 0.4) is 0 Å². The van der Waals surface area contributed by atoms with Crippen molar-refractivity contribution in [2.75, 3.05) is 21.8 Å². The Morgan fingerprint density at radius 1 is 0.750 bits per heavy atom. The third kappa shape index (κ3) is 4.82. The zero-order chi connectivity index (χ0) is 33.7. The van der Waals surface area contributed by atoms with Crippen LogP contribution in [-0.4, -0.2) is 46.6 Å². The largest absolute Gasteiger partial charge is 0.444 e. The standard InChI is InChI=1S/C39H40N4O4S/c1-37(2,3)47-36(46)43-33(23-24-48-4)40-38(29-19-11-13-21-31(29)41(34(38)44)25-27-15-7-5-8-16-27)39(43)30-20-12-14-22-32(30)42(35(39)45)26-28-17-9-6-10-18-28/h5-22,33,40H,23-26H2,1-4H3. The highest BCUT2D eigenvalue weighted by Gasteiger charge is 2.79. The van der Waals surface area contributed by atoms with Crippen LogP contribution in [0.5, 0.6) is 0 Å². The summed E-state index contributed by atoms with van der Waals surface area (Å²) in [6.45, 7) is 6.03. The molecular weight excluding hydrogens is 621 g/mol. The minimum atomic E-state index is -1.79. The second-order valence-electron chi connectivity index (χ2n) is 13.5. The Balaban J connectivity index is 1.51. The van der Waals surface area contributed by atoms with Gasteiger partial charge in [0.1, 0.15) is 5.60 Å². The number of hydrogen-bond donors (Lipinski definition) is 1. The molecule has 9 heteroatoms. The van der Waals surface area contributed by atoms with E-state index in [4.69, 9.17) is 4.74 Å². The summed E-state index contributed by atoms with van der Waals surface area (Å²) in [5.41, 5.74) is 0.245. The molecule has 0 aliphatic carbocycles. The Morgan fingerprint density at radius 2 is 1.25 bits per heavy atom. The Morgan fingerprint density at radius 3 is 1.81 bits per heavy atom. The van der Waals surface area contributed by atoms with Crippen molar-refractivity contribution < 1.29 is 19.1 Å². The van der Waals surface area contributed by atoms with Gasteiger partial charge in [-0.25, -0.2) is 4.79 Å². The number of nitrogens with zero attached hydrogens (tertiary/aromatic N) is 3. The number of thioether (sulfide) groups is 1. The molecule has 0 radical (unpaired) electrons. The minimum absolute atomic E-state index is 0.274. The summed E-state index contributed by atoms with van der Waals surface area (Å²) in [5, 5.41) is 3.70. The quantitative estimate of drug-likeness (QED) is 0.235. The van der Waals surface area contributed by atoms with Gasteiger partial charge in [-0.15, -0.1) is 0 Å². The average molecular weight is 661 g/mol. The van der Waals surface area contributed by atoms with Crippen molar-refractivity contribution in [1.29, 1.82) is 0 Å². The molecule has 0 saturated carbocycles. The molecule has 1 N–H and O–H groups in total. The number of hydrogen-bond acceptors (Lipinski definition) is 6. The van der Waals surface area contributed by atoms with Crippen molar-refractivity contribution >= 4 is 41.0 Å². The fourth-order valence-corrected chi connectivity index (χ4v) is 8.12. The minimum Gasteiger partial charge on any atom is -0.444 e. The summed E-state index contributed by atoms with van der Waals surface area (Å²) in [7, 11) is 0. The van der Waals surface area contributed by atoms with Gasteiger partial charge >= 0.3 is 6.09 Å². The molecule has 4 aromatic carbocycles. The number of para-hydroxylation sites is 2. The molecule has 3 amide bonds. The predicted molar refractivity (Wildman–Crippen MR) is 189 cm³/mol. The normalized spacial score (nSPS) is 22.9. The monoisotopic (exact) mass is 660 g/mol. The molecular formula is C39H40N4O4S. The van der Waals surface area contributed by atoms with Gasteiger partial charge in [0.05, 0.1) is 24.9 Å². The first-order chi connectivity index (χ1) is 23.1. The summed E-state index contributed by atoms with van der Waals surface area (Å²) in [6.07, 6.45) is 1.17. The molecule has 3 aliphatic heterocycles. The first-order valence-corrected chi connectivity index (χ1v) is 17.7. The van der Waals surface area contributed by atoms with E-state index in [2.05, 4.69) is 5.32 Å². The fourth-order valence-electron chi connectivity index (χ4n) is 7.66. The number of amides is 3. The van der Waals surface area contributed by atoms with Crippen LogP contribution in [0.2, 0.25) is 0 Å². The van der Waals surface area contributed by atoms with E-state index in [1.165, 1.54) is 0 Å². The number of anilines is 2. The summed E-state index contributed by atoms with van der Waals surface area (Å²) in [4.78, 5) is 51.1. The van der Waals surface area contributed by atoms with Crippen molar-refractivity contribution in [2.24, 2.45) is 0 Å². The van der Waals surface area contributed by atoms with Crippen LogP contribution in [0.4, 0.5) is 16.2 Å². The Hall–Kier alpha value is -4.60. The van der Waals surface area contributed by atoms with E-state index in [9.17, 15) is 4.79 Å². The molecule has 1 saturated heterocycles. The van der Waals surface area contributed by atoms with E-state index in [1.54, 1.807) is 26.5 Å². The summed E-state index contributed by atoms with van der Waals surface area (Å²) in [6, 6.07) is 34.9. The molecule has 2 spiro atoms. The maximum atomic E-state index is 15.7. The number of benzene rings is 4. The summed E-state index contributed by atoms with van der Waals surface area (Å²) in [5.74, 6) is 0.0655. The number of fused-ring (bicyclic) bond motifs is 5. The number of carbonyl (C=O) groups excluding carboxylic acids is 3. The van der Waals surface area contributed by atoms with Crippen LogP contribution in [0.15, 0.2) is 109 Å². The number of carbonyl (C=O) groups is 3. The van der Waals surface area contributed by atoms with Crippen molar-refractivity contribution in [3.63, 3.8) is 0 Å². The number of nitrogens with one attached hydrogen (secondary N) is 1. The maximum absolute atomic E-state index is 15.7. The highest BCUT2D eigenvalue weighted by atomic mass is 32.2. The molecule has 3 atom stereocenters. The van der Waals surface area contributed by atoms with E-state index in [0.717, 1.165) is 11.1 Å². The zero-order valence-corrected chi connectivity index (χ0v) is 28.5. The van der Waals surface area contributed by atoms with Crippen LogP contribution >= 0.6 is 11.8 Å². The molecule has 0 bridgehead atoms. The Kier molecular flexibility index (Phi) is 8.08. The van der Waals surface area contributed by atoms with Gasteiger partial charge in [-0.2, -0.15) is 11.8 Å². The van der Waals surface area contributed by atoms with Gasteiger partial charge in [-0.05, 0) is 62.5 Å². The van der Waals surface area contributed by atoms with Crippen LogP contribution in [0.1, 0.15) is 49.4 Å². The van der Waals surface area contributed by atoms with E-state index in [-0.39, 0.29) is 18.4 Å². The van der Waals surface area contributed by atoms with Gasteiger partial charge in [0.15, 0.2) is 11.1 Å². The molecule has 3 unspecified atom stereocenters. The third-order valence-electron chi connectivity index (χ3n) is 9.46. The molecule has 8 nitrogen and oxygen atoms in total. The lowest BCUT2D eigenvalue weighted by atomic mass is 9.69. The van der Waals surface area contributed by atoms with E-state index < -0.39 is 28.9 Å². The van der Waals surface area contributed by atoms with Crippen LogP contribution in [0, 0.1) is 0 Å². The molecule has 48 heavy (non-hydrogen) atoms. The molecule has 246 valence electrons. The SMILES string of the molecule is CSCCC1NC2(C(=O)N(Cc3ccccc3)c3ccccc32)C2(C(=O)N(Cc3ccccc3)c3ccccc32)N1C(=O)OC(C)(C)C. The Bertz CT molecular complexity index is 1860. The second-order valence-corrected chi connectivity index (χ2v) is 14.5. The van der Waals surface area contributed by atoms with Crippen molar-refractivity contribution in [1.82, 2.24) is 10.2 Å². The predicted octanol–water partition coefficient (Wildman–Crippen LogP) is 6.79.